The monoisotopic (exact) mass is 148 g/mol. The first-order chi connectivity index (χ1) is 4.63. The molecule has 0 aliphatic heterocycles. The van der Waals surface area contributed by atoms with Crippen LogP contribution in [-0.4, -0.2) is 34.6 Å². The van der Waals surface area contributed by atoms with Crippen LogP contribution < -0.4 is 11.3 Å². The largest absolute Gasteiger partial charge is 0.382 e. The van der Waals surface area contributed by atoms with Crippen LogP contribution in [0.1, 0.15) is 0 Å². The molecule has 10 heavy (non-hydrogen) atoms. The van der Waals surface area contributed by atoms with E-state index in [0.29, 0.717) is 0 Å². The van der Waals surface area contributed by atoms with Gasteiger partial charge in [0.05, 0.1) is 0 Å². The van der Waals surface area contributed by atoms with Crippen LogP contribution >= 0.6 is 0 Å². The third-order valence-electron chi connectivity index (χ3n) is 0.874. The molecule has 0 saturated heterocycles. The number of aliphatic hydroxyl groups excluding tert-OH is 2. The molecule has 0 aromatic heterocycles. The number of hydrogen-bond acceptors (Lipinski definition) is 5. The van der Waals surface area contributed by atoms with Crippen LogP contribution in [0.5, 0.6) is 0 Å². The summed E-state index contributed by atoms with van der Waals surface area (Å²) >= 11 is 0. The maximum absolute atomic E-state index is 10.3. The number of aliphatic hydroxyl groups is 2. The van der Waals surface area contributed by atoms with E-state index >= 15 is 0 Å². The normalized spacial score (nSPS) is 15.5. The molecule has 0 fully saturated rings. The third-order valence-corrected chi connectivity index (χ3v) is 0.874. The zero-order valence-electron chi connectivity index (χ0n) is 5.02. The van der Waals surface area contributed by atoms with Gasteiger partial charge in [-0.25, -0.2) is 5.84 Å². The number of nitrogens with two attached hydrogens (primary N) is 1. The van der Waals surface area contributed by atoms with E-state index in [1.54, 1.807) is 5.43 Å². The van der Waals surface area contributed by atoms with Gasteiger partial charge in [-0.3, -0.25) is 10.2 Å². The van der Waals surface area contributed by atoms with Crippen molar-refractivity contribution in [3.63, 3.8) is 0 Å². The first-order valence-electron chi connectivity index (χ1n) is 2.45. The minimum Gasteiger partial charge on any atom is -0.382 e. The van der Waals surface area contributed by atoms with Gasteiger partial charge in [0.15, 0.2) is 12.4 Å². The Bertz CT molecular complexity index is 137. The Morgan fingerprint density at radius 3 is 2.40 bits per heavy atom. The summed E-state index contributed by atoms with van der Waals surface area (Å²) in [5.74, 6) is 3.58. The first-order valence-corrected chi connectivity index (χ1v) is 2.45. The molecule has 0 spiro atoms. The second kappa shape index (κ2) is 3.94. The number of aldehydes is 1. The number of carbonyl (C=O) groups is 2. The van der Waals surface area contributed by atoms with E-state index in [-0.39, 0.29) is 6.29 Å². The highest BCUT2D eigenvalue weighted by atomic mass is 16.3. The van der Waals surface area contributed by atoms with E-state index in [1.807, 2.05) is 0 Å². The topological polar surface area (TPSA) is 113 Å². The number of nitrogens with one attached hydrogen (secondary N) is 1. The van der Waals surface area contributed by atoms with Crippen molar-refractivity contribution in [3.8, 4) is 0 Å². The van der Waals surface area contributed by atoms with Crippen molar-refractivity contribution in [1.29, 1.82) is 0 Å². The van der Waals surface area contributed by atoms with Crippen LogP contribution in [0, 0.1) is 0 Å². The molecule has 0 aliphatic rings. The first kappa shape index (κ1) is 9.02. The number of amides is 1. The molecule has 5 N–H and O–H groups in total. The van der Waals surface area contributed by atoms with Crippen LogP contribution in [0.25, 0.3) is 0 Å². The van der Waals surface area contributed by atoms with Gasteiger partial charge >= 0.3 is 0 Å². The van der Waals surface area contributed by atoms with Crippen molar-refractivity contribution in [2.75, 3.05) is 0 Å². The van der Waals surface area contributed by atoms with E-state index in [9.17, 15) is 9.59 Å². The van der Waals surface area contributed by atoms with Crippen LogP contribution in [0.4, 0.5) is 0 Å². The third kappa shape index (κ3) is 2.09. The maximum atomic E-state index is 10.3. The van der Waals surface area contributed by atoms with Gasteiger partial charge in [0.1, 0.15) is 6.10 Å². The van der Waals surface area contributed by atoms with Gasteiger partial charge in [-0.1, -0.05) is 0 Å². The smallest absolute Gasteiger partial charge is 0.265 e. The van der Waals surface area contributed by atoms with Crippen molar-refractivity contribution in [3.05, 3.63) is 0 Å². The number of carbonyl (C=O) groups excluding carboxylic acids is 2. The zero-order valence-corrected chi connectivity index (χ0v) is 5.02. The average Bonchev–Trinajstić information content (AvgIpc) is 2.00. The van der Waals surface area contributed by atoms with Crippen molar-refractivity contribution in [2.24, 2.45) is 5.84 Å². The lowest BCUT2D eigenvalue weighted by molar-refractivity contribution is -0.139. The Morgan fingerprint density at radius 1 is 1.60 bits per heavy atom. The lowest BCUT2D eigenvalue weighted by Crippen LogP contribution is -2.45. The fourth-order valence-electron chi connectivity index (χ4n) is 0.315. The fraction of sp³-hybridized carbons (Fsp3) is 0.500. The predicted molar refractivity (Wildman–Crippen MR) is 30.4 cm³/mol. The molecule has 0 rings (SSSR count). The van der Waals surface area contributed by atoms with Crippen molar-refractivity contribution < 1.29 is 19.8 Å². The Morgan fingerprint density at radius 2 is 2.10 bits per heavy atom. The highest BCUT2D eigenvalue weighted by molar-refractivity contribution is 5.83. The Kier molecular flexibility index (Phi) is 3.55. The summed E-state index contributed by atoms with van der Waals surface area (Å²) in [7, 11) is 0. The summed E-state index contributed by atoms with van der Waals surface area (Å²) in [5.41, 5.74) is 1.57. The van der Waals surface area contributed by atoms with Gasteiger partial charge in [-0.05, 0) is 0 Å². The van der Waals surface area contributed by atoms with E-state index < -0.39 is 18.1 Å². The van der Waals surface area contributed by atoms with Crippen molar-refractivity contribution >= 4 is 12.2 Å². The SMILES string of the molecule is NNC(=O)[C@H](O)[C@@H](O)C=O. The van der Waals surface area contributed by atoms with E-state index in [1.165, 1.54) is 0 Å². The Labute approximate surface area is 56.6 Å². The Hall–Kier alpha value is -0.980. The standard InChI is InChI=1S/C4H8N2O4/c5-6-4(10)3(9)2(8)1-7/h1-3,8-9H,5H2,(H,6,10)/t2-,3+/m0/s1. The molecule has 0 aliphatic carbocycles. The molecule has 6 nitrogen and oxygen atoms in total. The molecule has 0 radical (unpaired) electrons. The molecular weight excluding hydrogens is 140 g/mol. The molecular formula is C4H8N2O4. The maximum Gasteiger partial charge on any atom is 0.265 e. The molecule has 0 bridgehead atoms. The molecule has 0 aromatic carbocycles. The fourth-order valence-corrected chi connectivity index (χ4v) is 0.315. The van der Waals surface area contributed by atoms with Gasteiger partial charge in [-0.15, -0.1) is 0 Å². The highest BCUT2D eigenvalue weighted by Gasteiger charge is 2.22. The minimum absolute atomic E-state index is 0.0416. The Balaban J connectivity index is 3.93. The molecule has 0 aromatic rings. The lowest BCUT2D eigenvalue weighted by atomic mass is 10.2. The summed E-state index contributed by atoms with van der Waals surface area (Å²) in [5, 5.41) is 17.1. The highest BCUT2D eigenvalue weighted by Crippen LogP contribution is 1.87. The molecule has 0 saturated carbocycles. The summed E-state index contributed by atoms with van der Waals surface area (Å²) in [6.07, 6.45) is -3.47. The van der Waals surface area contributed by atoms with Crippen molar-refractivity contribution in [1.82, 2.24) is 5.43 Å². The molecule has 0 unspecified atom stereocenters. The molecule has 1 amide bonds. The van der Waals surface area contributed by atoms with Gasteiger partial charge < -0.3 is 15.0 Å². The second-order valence-electron chi connectivity index (χ2n) is 1.58. The van der Waals surface area contributed by atoms with Crippen LogP contribution in [0.2, 0.25) is 0 Å². The molecule has 2 atom stereocenters. The van der Waals surface area contributed by atoms with Gasteiger partial charge in [0.25, 0.3) is 5.91 Å². The molecule has 58 valence electrons. The van der Waals surface area contributed by atoms with Gasteiger partial charge in [0, 0.05) is 0 Å². The second-order valence-corrected chi connectivity index (χ2v) is 1.58. The summed E-state index contributed by atoms with van der Waals surface area (Å²) < 4.78 is 0. The average molecular weight is 148 g/mol. The van der Waals surface area contributed by atoms with Gasteiger partial charge in [0.2, 0.25) is 0 Å². The lowest BCUT2D eigenvalue weighted by Gasteiger charge is -2.09. The number of hydrogen-bond donors (Lipinski definition) is 4. The van der Waals surface area contributed by atoms with Crippen LogP contribution in [0.15, 0.2) is 0 Å². The summed E-state index contributed by atoms with van der Waals surface area (Å²) in [6, 6.07) is 0. The van der Waals surface area contributed by atoms with E-state index in [2.05, 4.69) is 5.84 Å². The van der Waals surface area contributed by atoms with E-state index in [0.717, 1.165) is 0 Å². The number of rotatable bonds is 3. The molecule has 6 heteroatoms. The van der Waals surface area contributed by atoms with E-state index in [4.69, 9.17) is 10.2 Å². The van der Waals surface area contributed by atoms with Crippen LogP contribution in [-0.2, 0) is 9.59 Å². The predicted octanol–water partition coefficient (Wildman–Crippen LogP) is -3.10. The number of hydrazine groups is 1. The quantitative estimate of drug-likeness (QED) is 0.146. The molecule has 0 heterocycles. The summed E-state index contributed by atoms with van der Waals surface area (Å²) in [4.78, 5) is 20.0. The van der Waals surface area contributed by atoms with Crippen molar-refractivity contribution in [2.45, 2.75) is 12.2 Å². The van der Waals surface area contributed by atoms with Gasteiger partial charge in [-0.2, -0.15) is 0 Å². The minimum atomic E-state index is -1.79. The van der Waals surface area contributed by atoms with Crippen LogP contribution in [0.3, 0.4) is 0 Å². The zero-order chi connectivity index (χ0) is 8.15. The summed E-state index contributed by atoms with van der Waals surface area (Å²) in [6.45, 7) is 0.